The Hall–Kier alpha value is -1.06. The van der Waals surface area contributed by atoms with Crippen LogP contribution in [0.15, 0.2) is 24.3 Å². The van der Waals surface area contributed by atoms with E-state index in [4.69, 9.17) is 4.74 Å². The lowest BCUT2D eigenvalue weighted by atomic mass is 9.99. The Morgan fingerprint density at radius 1 is 1.10 bits per heavy atom. The molecule has 0 aliphatic carbocycles. The average molecular weight is 274 g/mol. The molecule has 1 aromatic carbocycles. The van der Waals surface area contributed by atoms with Crippen molar-refractivity contribution in [1.29, 1.82) is 0 Å². The standard InChI is InChI=1S/C17H26N2O/c1-14(2)18-9-5-10-19(12-11-18)16-8-13-20-17-7-4-3-6-15(16)17/h3-4,6-7,14,16H,5,8-13H2,1-2H3. The van der Waals surface area contributed by atoms with Gasteiger partial charge in [0.1, 0.15) is 5.75 Å². The van der Waals surface area contributed by atoms with Gasteiger partial charge >= 0.3 is 0 Å². The normalized spacial score (nSPS) is 25.1. The zero-order valence-electron chi connectivity index (χ0n) is 12.7. The Kier molecular flexibility index (Phi) is 4.27. The third kappa shape index (κ3) is 2.84. The van der Waals surface area contributed by atoms with E-state index in [-0.39, 0.29) is 0 Å². The van der Waals surface area contributed by atoms with Gasteiger partial charge in [-0.2, -0.15) is 0 Å². The van der Waals surface area contributed by atoms with Crippen LogP contribution >= 0.6 is 0 Å². The fraction of sp³-hybridized carbons (Fsp3) is 0.647. The van der Waals surface area contributed by atoms with E-state index in [0.717, 1.165) is 18.8 Å². The summed E-state index contributed by atoms with van der Waals surface area (Å²) in [6.45, 7) is 10.3. The summed E-state index contributed by atoms with van der Waals surface area (Å²) in [4.78, 5) is 5.27. The smallest absolute Gasteiger partial charge is 0.124 e. The summed E-state index contributed by atoms with van der Waals surface area (Å²) in [5.41, 5.74) is 1.39. The summed E-state index contributed by atoms with van der Waals surface area (Å²) in [5.74, 6) is 1.09. The molecule has 2 aliphatic heterocycles. The second-order valence-corrected chi connectivity index (χ2v) is 6.21. The number of hydrogen-bond acceptors (Lipinski definition) is 3. The summed E-state index contributed by atoms with van der Waals surface area (Å²) in [6, 6.07) is 9.77. The van der Waals surface area contributed by atoms with Gasteiger partial charge in [0.25, 0.3) is 0 Å². The predicted octanol–water partition coefficient (Wildman–Crippen LogP) is 2.93. The molecule has 1 atom stereocenters. The third-order valence-corrected chi connectivity index (χ3v) is 4.66. The van der Waals surface area contributed by atoms with Crippen LogP contribution in [-0.2, 0) is 0 Å². The van der Waals surface area contributed by atoms with Crippen molar-refractivity contribution < 1.29 is 4.74 Å². The predicted molar refractivity (Wildman–Crippen MR) is 82.2 cm³/mol. The van der Waals surface area contributed by atoms with Gasteiger partial charge in [0.05, 0.1) is 6.61 Å². The maximum atomic E-state index is 5.80. The molecule has 1 aromatic rings. The van der Waals surface area contributed by atoms with Crippen LogP contribution in [0.5, 0.6) is 5.75 Å². The van der Waals surface area contributed by atoms with Crippen LogP contribution in [0.25, 0.3) is 0 Å². The topological polar surface area (TPSA) is 15.7 Å². The zero-order valence-corrected chi connectivity index (χ0v) is 12.7. The minimum atomic E-state index is 0.548. The molecular formula is C17H26N2O. The molecular weight excluding hydrogens is 248 g/mol. The molecule has 0 amide bonds. The monoisotopic (exact) mass is 274 g/mol. The lowest BCUT2D eigenvalue weighted by Crippen LogP contribution is -2.37. The first-order valence-electron chi connectivity index (χ1n) is 7.95. The number of nitrogens with zero attached hydrogens (tertiary/aromatic N) is 2. The van der Waals surface area contributed by atoms with E-state index in [1.165, 1.54) is 38.2 Å². The largest absolute Gasteiger partial charge is 0.493 e. The average Bonchev–Trinajstić information content (AvgIpc) is 2.72. The summed E-state index contributed by atoms with van der Waals surface area (Å²) < 4.78 is 5.80. The highest BCUT2D eigenvalue weighted by molar-refractivity contribution is 5.37. The van der Waals surface area contributed by atoms with Gasteiger partial charge < -0.3 is 4.74 Å². The molecule has 1 fully saturated rings. The molecule has 0 bridgehead atoms. The minimum Gasteiger partial charge on any atom is -0.493 e. The van der Waals surface area contributed by atoms with Crippen LogP contribution in [0.2, 0.25) is 0 Å². The molecule has 1 unspecified atom stereocenters. The van der Waals surface area contributed by atoms with Gasteiger partial charge in [-0.25, -0.2) is 0 Å². The highest BCUT2D eigenvalue weighted by Crippen LogP contribution is 2.36. The van der Waals surface area contributed by atoms with Crippen molar-refractivity contribution >= 4 is 0 Å². The van der Waals surface area contributed by atoms with E-state index in [1.54, 1.807) is 0 Å². The van der Waals surface area contributed by atoms with Gasteiger partial charge in [-0.3, -0.25) is 9.80 Å². The van der Waals surface area contributed by atoms with E-state index >= 15 is 0 Å². The van der Waals surface area contributed by atoms with Crippen LogP contribution in [0.3, 0.4) is 0 Å². The van der Waals surface area contributed by atoms with Gasteiger partial charge in [-0.1, -0.05) is 18.2 Å². The molecule has 0 saturated carbocycles. The molecule has 2 aliphatic rings. The van der Waals surface area contributed by atoms with Crippen LogP contribution in [0, 0.1) is 0 Å². The van der Waals surface area contributed by atoms with Crippen LogP contribution in [-0.4, -0.2) is 48.6 Å². The van der Waals surface area contributed by atoms with Gasteiger partial charge in [0.15, 0.2) is 0 Å². The highest BCUT2D eigenvalue weighted by Gasteiger charge is 2.28. The van der Waals surface area contributed by atoms with Crippen molar-refractivity contribution in [2.24, 2.45) is 0 Å². The Bertz CT molecular complexity index is 446. The molecule has 0 N–H and O–H groups in total. The Morgan fingerprint density at radius 2 is 1.95 bits per heavy atom. The summed E-state index contributed by atoms with van der Waals surface area (Å²) >= 11 is 0. The van der Waals surface area contributed by atoms with Crippen LogP contribution < -0.4 is 4.74 Å². The fourth-order valence-corrected chi connectivity index (χ4v) is 3.49. The molecule has 0 spiro atoms. The number of hydrogen-bond donors (Lipinski definition) is 0. The molecule has 110 valence electrons. The second kappa shape index (κ2) is 6.15. The number of fused-ring (bicyclic) bond motifs is 1. The highest BCUT2D eigenvalue weighted by atomic mass is 16.5. The number of benzene rings is 1. The van der Waals surface area contributed by atoms with E-state index in [1.807, 2.05) is 0 Å². The molecule has 1 saturated heterocycles. The molecule has 3 nitrogen and oxygen atoms in total. The summed E-state index contributed by atoms with van der Waals surface area (Å²) in [6.07, 6.45) is 2.40. The van der Waals surface area contributed by atoms with E-state index in [2.05, 4.69) is 47.9 Å². The lowest BCUT2D eigenvalue weighted by molar-refractivity contribution is 0.140. The maximum absolute atomic E-state index is 5.80. The van der Waals surface area contributed by atoms with Gasteiger partial charge in [-0.15, -0.1) is 0 Å². The lowest BCUT2D eigenvalue weighted by Gasteiger charge is -2.35. The third-order valence-electron chi connectivity index (χ3n) is 4.66. The number of ether oxygens (including phenoxy) is 1. The van der Waals surface area contributed by atoms with E-state index in [9.17, 15) is 0 Å². The molecule has 2 heterocycles. The first-order chi connectivity index (χ1) is 9.75. The van der Waals surface area contributed by atoms with Crippen LogP contribution in [0.4, 0.5) is 0 Å². The van der Waals surface area contributed by atoms with Gasteiger partial charge in [-0.05, 0) is 32.9 Å². The summed E-state index contributed by atoms with van der Waals surface area (Å²) in [5, 5.41) is 0. The first-order valence-corrected chi connectivity index (χ1v) is 7.95. The SMILES string of the molecule is CC(C)N1CCCN(C2CCOc3ccccc32)CC1. The minimum absolute atomic E-state index is 0.548. The second-order valence-electron chi connectivity index (χ2n) is 6.21. The van der Waals surface area contributed by atoms with Gasteiger partial charge in [0, 0.05) is 43.7 Å². The van der Waals surface area contributed by atoms with Crippen molar-refractivity contribution in [2.45, 2.75) is 38.8 Å². The number of para-hydroxylation sites is 1. The van der Waals surface area contributed by atoms with Crippen molar-refractivity contribution in [3.8, 4) is 5.75 Å². The Balaban J connectivity index is 1.74. The Labute approximate surface area is 122 Å². The van der Waals surface area contributed by atoms with Crippen molar-refractivity contribution in [1.82, 2.24) is 9.80 Å². The molecule has 20 heavy (non-hydrogen) atoms. The van der Waals surface area contributed by atoms with Crippen molar-refractivity contribution in [3.05, 3.63) is 29.8 Å². The first kappa shape index (κ1) is 13.9. The molecule has 3 rings (SSSR count). The maximum Gasteiger partial charge on any atom is 0.124 e. The quantitative estimate of drug-likeness (QED) is 0.824. The van der Waals surface area contributed by atoms with E-state index in [0.29, 0.717) is 12.1 Å². The van der Waals surface area contributed by atoms with Crippen molar-refractivity contribution in [3.63, 3.8) is 0 Å². The van der Waals surface area contributed by atoms with Crippen LogP contribution in [0.1, 0.15) is 38.3 Å². The molecule has 0 aromatic heterocycles. The fourth-order valence-electron chi connectivity index (χ4n) is 3.49. The number of rotatable bonds is 2. The van der Waals surface area contributed by atoms with E-state index < -0.39 is 0 Å². The Morgan fingerprint density at radius 3 is 2.80 bits per heavy atom. The van der Waals surface area contributed by atoms with Gasteiger partial charge in [0.2, 0.25) is 0 Å². The molecule has 3 heteroatoms. The summed E-state index contributed by atoms with van der Waals surface area (Å²) in [7, 11) is 0. The molecule has 0 radical (unpaired) electrons. The van der Waals surface area contributed by atoms with Crippen molar-refractivity contribution in [2.75, 3.05) is 32.8 Å². The zero-order chi connectivity index (χ0) is 13.9.